The molecule has 0 radical (unpaired) electrons. The molecule has 43 heavy (non-hydrogen) atoms. The van der Waals surface area contributed by atoms with E-state index < -0.39 is 0 Å². The van der Waals surface area contributed by atoms with Crippen LogP contribution in [0.25, 0.3) is 33.3 Å². The van der Waals surface area contributed by atoms with Gasteiger partial charge in [-0.25, -0.2) is 9.37 Å². The number of pyridine rings is 2. The smallest absolute Gasteiger partial charge is 0.272 e. The van der Waals surface area contributed by atoms with Crippen LogP contribution < -0.4 is 0 Å². The number of halogens is 1. The molecule has 0 N–H and O–H groups in total. The molecule has 0 bridgehead atoms. The third-order valence-corrected chi connectivity index (χ3v) is 8.75. The minimum absolute atomic E-state index is 0.0119. The fraction of sp³-hybridized carbons (Fsp3) is 0.424. The highest BCUT2D eigenvalue weighted by molar-refractivity contribution is 5.98. The maximum absolute atomic E-state index is 15.8. The third-order valence-electron chi connectivity index (χ3n) is 8.75. The molecule has 224 valence electrons. The molecule has 1 saturated heterocycles. The number of amides is 2. The molecule has 1 fully saturated rings. The summed E-state index contributed by atoms with van der Waals surface area (Å²) in [5, 5.41) is 1.46. The van der Waals surface area contributed by atoms with Gasteiger partial charge in [-0.05, 0) is 63.3 Å². The molecule has 0 saturated carbocycles. The van der Waals surface area contributed by atoms with Crippen LogP contribution in [0.4, 0.5) is 4.39 Å². The van der Waals surface area contributed by atoms with Gasteiger partial charge in [0, 0.05) is 80.6 Å². The fourth-order valence-corrected chi connectivity index (χ4v) is 5.87. The van der Waals surface area contributed by atoms with Crippen LogP contribution in [0.5, 0.6) is 0 Å². The van der Waals surface area contributed by atoms with Gasteiger partial charge in [0.15, 0.2) is 0 Å². The topological polar surface area (TPSA) is 93.5 Å². The zero-order valence-corrected chi connectivity index (χ0v) is 25.4. The zero-order valence-electron chi connectivity index (χ0n) is 25.4. The first-order chi connectivity index (χ1) is 20.5. The lowest BCUT2D eigenvalue weighted by molar-refractivity contribution is -0.130. The molecule has 4 aromatic rings. The van der Waals surface area contributed by atoms with E-state index in [1.165, 1.54) is 6.07 Å². The van der Waals surface area contributed by atoms with E-state index in [0.717, 1.165) is 35.3 Å². The average molecular weight is 585 g/mol. The van der Waals surface area contributed by atoms with Gasteiger partial charge >= 0.3 is 0 Å². The number of carbonyl (C=O) groups is 2. The summed E-state index contributed by atoms with van der Waals surface area (Å²) in [7, 11) is 1.76. The van der Waals surface area contributed by atoms with Crippen molar-refractivity contribution in [3.8, 4) is 22.5 Å². The van der Waals surface area contributed by atoms with Crippen molar-refractivity contribution < 1.29 is 18.7 Å². The Hall–Kier alpha value is -4.18. The van der Waals surface area contributed by atoms with E-state index in [1.54, 1.807) is 48.3 Å². The molecule has 9 nitrogen and oxygen atoms in total. The van der Waals surface area contributed by atoms with Crippen LogP contribution in [0.2, 0.25) is 0 Å². The van der Waals surface area contributed by atoms with Gasteiger partial charge in [-0.3, -0.25) is 19.6 Å². The highest BCUT2D eigenvalue weighted by atomic mass is 19.1. The van der Waals surface area contributed by atoms with Crippen molar-refractivity contribution in [3.63, 3.8) is 0 Å². The summed E-state index contributed by atoms with van der Waals surface area (Å²) in [5.74, 6) is 0.613. The minimum atomic E-state index is -0.381. The van der Waals surface area contributed by atoms with Gasteiger partial charge in [0.1, 0.15) is 17.3 Å². The Morgan fingerprint density at radius 2 is 1.81 bits per heavy atom. The van der Waals surface area contributed by atoms with Gasteiger partial charge in [0.25, 0.3) is 5.91 Å². The molecule has 2 aliphatic rings. The van der Waals surface area contributed by atoms with Gasteiger partial charge < -0.3 is 19.1 Å². The second-order valence-corrected chi connectivity index (χ2v) is 12.4. The van der Waals surface area contributed by atoms with E-state index in [1.807, 2.05) is 32.9 Å². The maximum atomic E-state index is 15.8. The summed E-state index contributed by atoms with van der Waals surface area (Å²) in [6, 6.07) is 8.65. The SMILES string of the molecule is CC(=O)N1CCn2c(C3CCOCC3)nc(-c3c(F)ccc4cc(-c5ccc(C(=O)N(C)C(C)(C)C)nc5)ncc34)c2C1. The molecule has 5 heterocycles. The van der Waals surface area contributed by atoms with E-state index in [9.17, 15) is 9.59 Å². The number of benzene rings is 1. The minimum Gasteiger partial charge on any atom is -0.381 e. The largest absolute Gasteiger partial charge is 0.381 e. The summed E-state index contributed by atoms with van der Waals surface area (Å²) >= 11 is 0. The first-order valence-electron chi connectivity index (χ1n) is 14.8. The number of ether oxygens (including phenoxy) is 1. The third kappa shape index (κ3) is 5.40. The summed E-state index contributed by atoms with van der Waals surface area (Å²) in [5.41, 5.74) is 3.26. The Morgan fingerprint density at radius 1 is 1.05 bits per heavy atom. The number of carbonyl (C=O) groups excluding carboxylic acids is 2. The molecular weight excluding hydrogens is 547 g/mol. The summed E-state index contributed by atoms with van der Waals surface area (Å²) < 4.78 is 23.5. The van der Waals surface area contributed by atoms with Gasteiger partial charge in [-0.2, -0.15) is 0 Å². The van der Waals surface area contributed by atoms with Crippen molar-refractivity contribution in [1.82, 2.24) is 29.3 Å². The predicted molar refractivity (Wildman–Crippen MR) is 162 cm³/mol. The lowest BCUT2D eigenvalue weighted by Crippen LogP contribution is -2.42. The predicted octanol–water partition coefficient (Wildman–Crippen LogP) is 5.43. The molecular formula is C33H37FN6O3. The van der Waals surface area contributed by atoms with Crippen molar-refractivity contribution in [3.05, 3.63) is 65.8 Å². The van der Waals surface area contributed by atoms with E-state index in [-0.39, 0.29) is 29.1 Å². The number of nitrogens with zero attached hydrogens (tertiary/aromatic N) is 6. The Kier molecular flexibility index (Phi) is 7.50. The van der Waals surface area contributed by atoms with E-state index in [2.05, 4.69) is 14.5 Å². The van der Waals surface area contributed by atoms with Crippen LogP contribution in [0.3, 0.4) is 0 Å². The Bertz CT molecular complexity index is 1700. The van der Waals surface area contributed by atoms with Crippen LogP contribution in [-0.4, -0.2) is 73.5 Å². The molecule has 0 aliphatic carbocycles. The normalized spacial score (nSPS) is 15.9. The maximum Gasteiger partial charge on any atom is 0.272 e. The van der Waals surface area contributed by atoms with Gasteiger partial charge in [0.2, 0.25) is 5.91 Å². The Balaban J connectivity index is 1.40. The van der Waals surface area contributed by atoms with Crippen LogP contribution in [0.15, 0.2) is 42.7 Å². The van der Waals surface area contributed by atoms with Crippen molar-refractivity contribution in [2.75, 3.05) is 26.8 Å². The highest BCUT2D eigenvalue weighted by Gasteiger charge is 2.32. The van der Waals surface area contributed by atoms with E-state index in [0.29, 0.717) is 60.9 Å². The molecule has 2 aliphatic heterocycles. The molecule has 10 heteroatoms. The second kappa shape index (κ2) is 11.1. The quantitative estimate of drug-likeness (QED) is 0.318. The van der Waals surface area contributed by atoms with Crippen LogP contribution >= 0.6 is 0 Å². The van der Waals surface area contributed by atoms with Crippen molar-refractivity contribution >= 4 is 22.6 Å². The molecule has 0 spiro atoms. The van der Waals surface area contributed by atoms with Gasteiger partial charge in [0.05, 0.1) is 23.6 Å². The average Bonchev–Trinajstić information content (AvgIpc) is 3.38. The lowest BCUT2D eigenvalue weighted by Gasteiger charge is -2.31. The summed E-state index contributed by atoms with van der Waals surface area (Å²) in [4.78, 5) is 42.8. The molecule has 1 aromatic carbocycles. The van der Waals surface area contributed by atoms with Crippen LogP contribution in [0, 0.1) is 5.82 Å². The standard InChI is InChI=1S/C33H37FN6O3/c1-20(41)39-12-13-40-28(19-39)30(37-31(40)21-10-14-43-15-11-21)29-24-18-36-27(16-22(24)6-8-25(29)34)23-7-9-26(35-17-23)32(42)38(5)33(2,3)4/h6-9,16-18,21H,10-15,19H2,1-5H3. The highest BCUT2D eigenvalue weighted by Crippen LogP contribution is 2.39. The van der Waals surface area contributed by atoms with Crippen LogP contribution in [-0.2, 0) is 22.6 Å². The number of aromatic nitrogens is 4. The zero-order chi connectivity index (χ0) is 30.5. The van der Waals surface area contributed by atoms with E-state index >= 15 is 4.39 Å². The van der Waals surface area contributed by atoms with Gasteiger partial charge in [-0.15, -0.1) is 0 Å². The number of rotatable bonds is 4. The van der Waals surface area contributed by atoms with Crippen molar-refractivity contribution in [2.45, 2.75) is 65.1 Å². The summed E-state index contributed by atoms with van der Waals surface area (Å²) in [6.07, 6.45) is 5.05. The van der Waals surface area contributed by atoms with Crippen molar-refractivity contribution in [2.24, 2.45) is 0 Å². The summed E-state index contributed by atoms with van der Waals surface area (Å²) in [6.45, 7) is 10.4. The second-order valence-electron chi connectivity index (χ2n) is 12.4. The Morgan fingerprint density at radius 3 is 2.49 bits per heavy atom. The lowest BCUT2D eigenvalue weighted by atomic mass is 9.99. The molecule has 0 unspecified atom stereocenters. The number of hydrogen-bond acceptors (Lipinski definition) is 6. The number of hydrogen-bond donors (Lipinski definition) is 0. The first kappa shape index (κ1) is 28.9. The molecule has 2 amide bonds. The van der Waals surface area contributed by atoms with E-state index in [4.69, 9.17) is 9.72 Å². The fourth-order valence-electron chi connectivity index (χ4n) is 5.87. The van der Waals surface area contributed by atoms with Gasteiger partial charge in [-0.1, -0.05) is 6.07 Å². The molecule has 6 rings (SSSR count). The number of fused-ring (bicyclic) bond motifs is 2. The number of imidazole rings is 1. The van der Waals surface area contributed by atoms with Crippen molar-refractivity contribution in [1.29, 1.82) is 0 Å². The monoisotopic (exact) mass is 584 g/mol. The molecule has 3 aromatic heterocycles. The Labute approximate surface area is 250 Å². The van der Waals surface area contributed by atoms with Crippen LogP contribution in [0.1, 0.15) is 68.5 Å². The molecule has 0 atom stereocenters. The first-order valence-corrected chi connectivity index (χ1v) is 14.8.